The zero-order chi connectivity index (χ0) is 23.7. The van der Waals surface area contributed by atoms with Gasteiger partial charge in [-0.2, -0.15) is 0 Å². The molecule has 0 aliphatic heterocycles. The smallest absolute Gasteiger partial charge is 0.138 e. The van der Waals surface area contributed by atoms with Gasteiger partial charge >= 0.3 is 0 Å². The molecule has 2 N–H and O–H groups in total. The van der Waals surface area contributed by atoms with Crippen LogP contribution >= 0.6 is 0 Å². The molecule has 0 unspecified atom stereocenters. The molecular weight excluding hydrogens is 396 g/mol. The fourth-order valence-electron chi connectivity index (χ4n) is 9.63. The maximum atomic E-state index is 12.8. The molecule has 4 aliphatic rings. The van der Waals surface area contributed by atoms with Crippen molar-refractivity contribution in [1.29, 1.82) is 0 Å². The lowest BCUT2D eigenvalue weighted by Crippen LogP contribution is -2.59. The van der Waals surface area contributed by atoms with E-state index in [2.05, 4.69) is 34.3 Å². The lowest BCUT2D eigenvalue weighted by Gasteiger charge is -2.64. The van der Waals surface area contributed by atoms with Crippen molar-refractivity contribution in [3.05, 3.63) is 12.2 Å². The lowest BCUT2D eigenvalue weighted by molar-refractivity contribution is -0.172. The van der Waals surface area contributed by atoms with Crippen LogP contribution in [0.3, 0.4) is 0 Å². The first-order valence-corrected chi connectivity index (χ1v) is 13.3. The Labute approximate surface area is 196 Å². The number of aliphatic hydroxyl groups excluding tert-OH is 1. The highest BCUT2D eigenvalue weighted by atomic mass is 16.3. The molecule has 4 rings (SSSR count). The number of carbonyl (C=O) groups is 1. The molecule has 0 radical (unpaired) electrons. The number of aliphatic hydroxyl groups is 2. The largest absolute Gasteiger partial charge is 0.390 e. The maximum Gasteiger partial charge on any atom is 0.138 e. The highest BCUT2D eigenvalue weighted by Gasteiger charge is 2.64. The molecular formula is C29H48O3. The van der Waals surface area contributed by atoms with E-state index in [0.29, 0.717) is 53.6 Å². The molecule has 4 aliphatic carbocycles. The van der Waals surface area contributed by atoms with Gasteiger partial charge in [-0.3, -0.25) is 4.79 Å². The quantitative estimate of drug-likeness (QED) is 0.488. The minimum absolute atomic E-state index is 0.179. The third kappa shape index (κ3) is 3.56. The van der Waals surface area contributed by atoms with Gasteiger partial charge in [0.15, 0.2) is 0 Å². The number of Topliss-reactive ketones (excluding diaryl/α,β-unsaturated/α-hetero) is 1. The molecule has 0 spiro atoms. The van der Waals surface area contributed by atoms with Gasteiger partial charge in [-0.15, -0.1) is 0 Å². The zero-order valence-electron chi connectivity index (χ0n) is 21.5. The third-order valence-electron chi connectivity index (χ3n) is 11.6. The number of hydrogen-bond donors (Lipinski definition) is 2. The summed E-state index contributed by atoms with van der Waals surface area (Å²) in [5, 5.41) is 21.8. The molecule has 0 saturated heterocycles. The summed E-state index contributed by atoms with van der Waals surface area (Å²) in [6.45, 7) is 17.3. The van der Waals surface area contributed by atoms with Crippen LogP contribution in [0.5, 0.6) is 0 Å². The molecule has 9 atom stereocenters. The molecule has 0 amide bonds. The van der Waals surface area contributed by atoms with E-state index in [-0.39, 0.29) is 10.8 Å². The van der Waals surface area contributed by atoms with E-state index in [1.165, 1.54) is 32.1 Å². The van der Waals surface area contributed by atoms with Gasteiger partial charge in [0.05, 0.1) is 11.7 Å². The van der Waals surface area contributed by atoms with E-state index in [0.717, 1.165) is 24.8 Å². The van der Waals surface area contributed by atoms with Crippen molar-refractivity contribution in [3.63, 3.8) is 0 Å². The number of ketones is 1. The molecule has 4 saturated carbocycles. The first-order chi connectivity index (χ1) is 14.7. The van der Waals surface area contributed by atoms with Crippen molar-refractivity contribution in [2.45, 2.75) is 117 Å². The van der Waals surface area contributed by atoms with E-state index in [1.807, 2.05) is 13.8 Å². The van der Waals surface area contributed by atoms with Crippen molar-refractivity contribution in [1.82, 2.24) is 0 Å². The molecule has 3 nitrogen and oxygen atoms in total. The predicted molar refractivity (Wildman–Crippen MR) is 130 cm³/mol. The topological polar surface area (TPSA) is 57.5 Å². The monoisotopic (exact) mass is 444 g/mol. The lowest BCUT2D eigenvalue weighted by atomic mass is 9.40. The second-order valence-electron chi connectivity index (χ2n) is 13.6. The van der Waals surface area contributed by atoms with Gasteiger partial charge in [0, 0.05) is 11.8 Å². The number of hydrogen-bond acceptors (Lipinski definition) is 3. The average Bonchev–Trinajstić information content (AvgIpc) is 3.07. The number of fused-ring (bicyclic) bond motifs is 5. The summed E-state index contributed by atoms with van der Waals surface area (Å²) in [6, 6.07) is 0. The van der Waals surface area contributed by atoms with Gasteiger partial charge in [0.25, 0.3) is 0 Å². The Morgan fingerprint density at radius 1 is 1.03 bits per heavy atom. The Kier molecular flexibility index (Phi) is 6.07. The minimum Gasteiger partial charge on any atom is -0.390 e. The van der Waals surface area contributed by atoms with Crippen LogP contribution in [-0.4, -0.2) is 27.7 Å². The summed E-state index contributed by atoms with van der Waals surface area (Å²) in [5.74, 6) is 3.31. The van der Waals surface area contributed by atoms with Gasteiger partial charge in [-0.1, -0.05) is 39.8 Å². The van der Waals surface area contributed by atoms with Crippen molar-refractivity contribution in [2.75, 3.05) is 0 Å². The van der Waals surface area contributed by atoms with E-state index in [1.54, 1.807) is 0 Å². The number of carbonyl (C=O) groups excluding carboxylic acids is 1. The molecule has 0 aromatic carbocycles. The summed E-state index contributed by atoms with van der Waals surface area (Å²) in [5.41, 5.74) is 0.453. The Morgan fingerprint density at radius 3 is 2.28 bits per heavy atom. The molecule has 182 valence electrons. The van der Waals surface area contributed by atoms with Gasteiger partial charge in [-0.25, -0.2) is 0 Å². The molecule has 3 heteroatoms. The first kappa shape index (κ1) is 24.5. The van der Waals surface area contributed by atoms with Crippen molar-refractivity contribution >= 4 is 5.78 Å². The van der Waals surface area contributed by atoms with Gasteiger partial charge < -0.3 is 10.2 Å². The Balaban J connectivity index is 1.55. The van der Waals surface area contributed by atoms with Crippen LogP contribution in [0.2, 0.25) is 0 Å². The summed E-state index contributed by atoms with van der Waals surface area (Å²) in [4.78, 5) is 12.8. The van der Waals surface area contributed by atoms with Gasteiger partial charge in [0.1, 0.15) is 5.78 Å². The van der Waals surface area contributed by atoms with Gasteiger partial charge in [-0.05, 0) is 112 Å². The standard InChI is InChI=1S/C29H48O3/c1-18(2)23(30)13-17-29(7,32)22-12-15-27(5)19-10-11-24-26(3,4)25(31)14-16-28(24,6)20(19)8-9-21(22)27/h19-24,30,32H,1,8-17H2,2-7H3/t19-,20+,21+,22+,23-,24-,27-,28-,29+/m1/s1. The van der Waals surface area contributed by atoms with E-state index < -0.39 is 11.7 Å². The third-order valence-corrected chi connectivity index (χ3v) is 11.6. The van der Waals surface area contributed by atoms with Crippen molar-refractivity contribution < 1.29 is 15.0 Å². The highest BCUT2D eigenvalue weighted by Crippen LogP contribution is 2.70. The maximum absolute atomic E-state index is 12.8. The van der Waals surface area contributed by atoms with Crippen LogP contribution in [0.4, 0.5) is 0 Å². The molecule has 0 heterocycles. The second kappa shape index (κ2) is 7.94. The second-order valence-corrected chi connectivity index (χ2v) is 13.6. The van der Waals surface area contributed by atoms with Crippen LogP contribution < -0.4 is 0 Å². The highest BCUT2D eigenvalue weighted by molar-refractivity contribution is 5.85. The summed E-state index contributed by atoms with van der Waals surface area (Å²) >= 11 is 0. The van der Waals surface area contributed by atoms with Gasteiger partial charge in [0.2, 0.25) is 0 Å². The first-order valence-electron chi connectivity index (χ1n) is 13.3. The Hall–Kier alpha value is -0.670. The van der Waals surface area contributed by atoms with Crippen molar-refractivity contribution in [3.8, 4) is 0 Å². The van der Waals surface area contributed by atoms with Crippen LogP contribution in [0.15, 0.2) is 12.2 Å². The average molecular weight is 445 g/mol. The summed E-state index contributed by atoms with van der Waals surface area (Å²) in [6.07, 6.45) is 9.76. The minimum atomic E-state index is -0.730. The van der Waals surface area contributed by atoms with Crippen LogP contribution in [0, 0.1) is 45.8 Å². The van der Waals surface area contributed by atoms with Crippen LogP contribution in [0.25, 0.3) is 0 Å². The van der Waals surface area contributed by atoms with E-state index >= 15 is 0 Å². The molecule has 4 fully saturated rings. The van der Waals surface area contributed by atoms with Crippen LogP contribution in [-0.2, 0) is 4.79 Å². The van der Waals surface area contributed by atoms with Crippen LogP contribution in [0.1, 0.15) is 106 Å². The Morgan fingerprint density at radius 2 is 1.62 bits per heavy atom. The molecule has 32 heavy (non-hydrogen) atoms. The normalized spacial score (nSPS) is 45.9. The van der Waals surface area contributed by atoms with E-state index in [4.69, 9.17) is 0 Å². The zero-order valence-corrected chi connectivity index (χ0v) is 21.5. The molecule has 0 aromatic rings. The SMILES string of the molecule is C=C(C)[C@H](O)CC[C@](C)(O)[C@H]1CC[C@]2(C)[C@@H]3CC[C@@H]4C(C)(C)C(=O)CC[C@]4(C)[C@H]3CC[C@@H]12. The van der Waals surface area contributed by atoms with Crippen molar-refractivity contribution in [2.24, 2.45) is 45.8 Å². The predicted octanol–water partition coefficient (Wildman–Crippen LogP) is 6.32. The van der Waals surface area contributed by atoms with E-state index in [9.17, 15) is 15.0 Å². The fourth-order valence-corrected chi connectivity index (χ4v) is 9.63. The summed E-state index contributed by atoms with van der Waals surface area (Å²) < 4.78 is 0. The number of rotatable bonds is 5. The summed E-state index contributed by atoms with van der Waals surface area (Å²) in [7, 11) is 0. The Bertz CT molecular complexity index is 766. The molecule has 0 aromatic heterocycles. The fraction of sp³-hybridized carbons (Fsp3) is 0.897. The molecule has 0 bridgehead atoms.